The van der Waals surface area contributed by atoms with Crippen molar-refractivity contribution in [3.8, 4) is 23.0 Å². The largest absolute Gasteiger partial charge is 0.504 e. The molecule has 0 saturated carbocycles. The maximum Gasteiger partial charge on any atom is 0.328 e. The lowest BCUT2D eigenvalue weighted by molar-refractivity contribution is -0.143. The van der Waals surface area contributed by atoms with Crippen molar-refractivity contribution in [2.45, 2.75) is 18.9 Å². The minimum absolute atomic E-state index is 0.101. The van der Waals surface area contributed by atoms with Gasteiger partial charge in [0.2, 0.25) is 0 Å². The highest BCUT2D eigenvalue weighted by atomic mass is 16.5. The van der Waals surface area contributed by atoms with Crippen LogP contribution in [-0.4, -0.2) is 57.9 Å². The number of rotatable bonds is 8. The minimum Gasteiger partial charge on any atom is -0.504 e. The fraction of sp³-hybridized carbons (Fsp3) is 0.250. The van der Waals surface area contributed by atoms with Gasteiger partial charge in [-0.3, -0.25) is 9.59 Å². The van der Waals surface area contributed by atoms with Crippen LogP contribution in [-0.2, 0) is 9.53 Å². The number of phenols is 4. The average molecular weight is 418 g/mol. The third-order valence-electron chi connectivity index (χ3n) is 4.26. The maximum absolute atomic E-state index is 12.3. The van der Waals surface area contributed by atoms with E-state index < -0.39 is 46.8 Å². The maximum atomic E-state index is 12.3. The molecule has 10 nitrogen and oxygen atoms in total. The molecule has 0 bridgehead atoms. The molecule has 160 valence electrons. The number of hydrogen-bond donors (Lipinski definition) is 6. The smallest absolute Gasteiger partial charge is 0.328 e. The molecule has 1 atom stereocenters. The highest BCUT2D eigenvalue weighted by Crippen LogP contribution is 2.29. The Balaban J connectivity index is 1.94. The van der Waals surface area contributed by atoms with Crippen LogP contribution in [0.4, 0.5) is 0 Å². The number of aromatic hydroxyl groups is 4. The van der Waals surface area contributed by atoms with E-state index in [9.17, 15) is 34.8 Å². The van der Waals surface area contributed by atoms with Crippen molar-refractivity contribution in [2.75, 3.05) is 13.7 Å². The molecule has 6 N–H and O–H groups in total. The summed E-state index contributed by atoms with van der Waals surface area (Å²) in [5.74, 6) is -4.18. The van der Waals surface area contributed by atoms with Gasteiger partial charge in [-0.15, -0.1) is 0 Å². The fourth-order valence-electron chi connectivity index (χ4n) is 2.66. The molecule has 0 aliphatic rings. The quantitative estimate of drug-likeness (QED) is 0.210. The van der Waals surface area contributed by atoms with Crippen LogP contribution in [0.25, 0.3) is 0 Å². The van der Waals surface area contributed by atoms with E-state index in [1.165, 1.54) is 36.4 Å². The Morgan fingerprint density at radius 2 is 1.43 bits per heavy atom. The van der Waals surface area contributed by atoms with E-state index in [1.54, 1.807) is 0 Å². The monoisotopic (exact) mass is 418 g/mol. The van der Waals surface area contributed by atoms with Gasteiger partial charge in [-0.2, -0.15) is 0 Å². The van der Waals surface area contributed by atoms with Crippen molar-refractivity contribution in [3.05, 3.63) is 47.5 Å². The molecule has 0 heterocycles. The van der Waals surface area contributed by atoms with Crippen LogP contribution in [0.15, 0.2) is 36.4 Å². The molecule has 0 spiro atoms. The average Bonchev–Trinajstić information content (AvgIpc) is 2.73. The van der Waals surface area contributed by atoms with Gasteiger partial charge < -0.3 is 35.8 Å². The summed E-state index contributed by atoms with van der Waals surface area (Å²) in [6.45, 7) is 0.106. The number of hydrogen-bond acceptors (Lipinski definition) is 8. The highest BCUT2D eigenvalue weighted by molar-refractivity contribution is 5.99. The van der Waals surface area contributed by atoms with Gasteiger partial charge in [0, 0.05) is 6.54 Å². The van der Waals surface area contributed by atoms with Crippen molar-refractivity contribution < 1.29 is 39.5 Å². The molecule has 30 heavy (non-hydrogen) atoms. The Labute approximate surface area is 171 Å². The number of phenolic OH excluding ortho intramolecular Hbond substituents is 4. The molecule has 0 unspecified atom stereocenters. The number of ether oxygens (including phenoxy) is 1. The number of esters is 1. The summed E-state index contributed by atoms with van der Waals surface area (Å²) in [5.41, 5.74) is -0.316. The Morgan fingerprint density at radius 1 is 0.900 bits per heavy atom. The molecule has 0 saturated heterocycles. The second-order valence-electron chi connectivity index (χ2n) is 6.29. The van der Waals surface area contributed by atoms with Crippen LogP contribution in [0.1, 0.15) is 33.6 Å². The number of benzene rings is 2. The molecular weight excluding hydrogens is 396 g/mol. The van der Waals surface area contributed by atoms with Crippen molar-refractivity contribution in [3.63, 3.8) is 0 Å². The molecular formula is C20H22N2O8. The van der Waals surface area contributed by atoms with E-state index in [0.29, 0.717) is 0 Å². The molecule has 0 fully saturated rings. The van der Waals surface area contributed by atoms with Gasteiger partial charge in [0.1, 0.15) is 6.04 Å². The Bertz CT molecular complexity index is 944. The number of carbonyl (C=O) groups excluding carboxylic acids is 3. The Morgan fingerprint density at radius 3 is 1.97 bits per heavy atom. The number of para-hydroxylation sites is 2. The fourth-order valence-corrected chi connectivity index (χ4v) is 2.66. The Hall–Kier alpha value is -3.95. The second-order valence-corrected chi connectivity index (χ2v) is 6.29. The van der Waals surface area contributed by atoms with Gasteiger partial charge in [0.15, 0.2) is 23.0 Å². The van der Waals surface area contributed by atoms with E-state index >= 15 is 0 Å². The summed E-state index contributed by atoms with van der Waals surface area (Å²) < 4.78 is 4.67. The number of carbonyl (C=O) groups is 3. The summed E-state index contributed by atoms with van der Waals surface area (Å²) in [6.07, 6.45) is 0.363. The first kappa shape index (κ1) is 22.3. The van der Waals surface area contributed by atoms with Crippen molar-refractivity contribution in [1.82, 2.24) is 10.6 Å². The summed E-state index contributed by atoms with van der Waals surface area (Å²) in [4.78, 5) is 36.4. The minimum atomic E-state index is -1.06. The standard InChI is InChI=1S/C20H22N2O8/c1-30-20(29)13(22-19(28)12-6-3-9-15(24)17(12)26)7-4-10-21-18(27)11-5-2-8-14(23)16(11)25/h2-3,5-6,8-9,13,23-26H,4,7,10H2,1H3,(H,21,27)(H,22,28)/t13-/m1/s1. The summed E-state index contributed by atoms with van der Waals surface area (Å²) in [6, 6.07) is 6.77. The van der Waals surface area contributed by atoms with Gasteiger partial charge in [-0.25, -0.2) is 4.79 Å². The predicted octanol–water partition coefficient (Wildman–Crippen LogP) is 0.991. The van der Waals surface area contributed by atoms with E-state index in [-0.39, 0.29) is 30.5 Å². The first-order valence-corrected chi connectivity index (χ1v) is 8.95. The van der Waals surface area contributed by atoms with Gasteiger partial charge >= 0.3 is 5.97 Å². The van der Waals surface area contributed by atoms with Crippen LogP contribution in [0.3, 0.4) is 0 Å². The summed E-state index contributed by atoms with van der Waals surface area (Å²) in [5, 5.41) is 43.4. The van der Waals surface area contributed by atoms with Crippen LogP contribution < -0.4 is 10.6 Å². The summed E-state index contributed by atoms with van der Waals surface area (Å²) >= 11 is 0. The van der Waals surface area contributed by atoms with E-state index in [0.717, 1.165) is 7.11 Å². The van der Waals surface area contributed by atoms with Crippen LogP contribution in [0.5, 0.6) is 23.0 Å². The van der Waals surface area contributed by atoms with E-state index in [2.05, 4.69) is 15.4 Å². The van der Waals surface area contributed by atoms with Crippen molar-refractivity contribution in [1.29, 1.82) is 0 Å². The third-order valence-corrected chi connectivity index (χ3v) is 4.26. The summed E-state index contributed by atoms with van der Waals surface area (Å²) in [7, 11) is 1.15. The van der Waals surface area contributed by atoms with Crippen molar-refractivity contribution in [2.24, 2.45) is 0 Å². The molecule has 0 aliphatic heterocycles. The molecule has 2 rings (SSSR count). The highest BCUT2D eigenvalue weighted by Gasteiger charge is 2.24. The number of amides is 2. The van der Waals surface area contributed by atoms with Gasteiger partial charge in [0.05, 0.1) is 18.2 Å². The molecule has 2 aromatic rings. The lowest BCUT2D eigenvalue weighted by Gasteiger charge is -2.17. The Kier molecular flexibility index (Phi) is 7.45. The topological polar surface area (TPSA) is 165 Å². The lowest BCUT2D eigenvalue weighted by Crippen LogP contribution is -2.42. The lowest BCUT2D eigenvalue weighted by atomic mass is 10.1. The zero-order valence-corrected chi connectivity index (χ0v) is 16.1. The molecule has 2 aromatic carbocycles. The van der Waals surface area contributed by atoms with Crippen molar-refractivity contribution >= 4 is 17.8 Å². The van der Waals surface area contributed by atoms with E-state index in [4.69, 9.17) is 0 Å². The van der Waals surface area contributed by atoms with Crippen LogP contribution in [0.2, 0.25) is 0 Å². The van der Waals surface area contributed by atoms with Crippen LogP contribution >= 0.6 is 0 Å². The van der Waals surface area contributed by atoms with Gasteiger partial charge in [0.25, 0.3) is 11.8 Å². The molecule has 10 heteroatoms. The number of methoxy groups -OCH3 is 1. The normalized spacial score (nSPS) is 11.4. The first-order valence-electron chi connectivity index (χ1n) is 8.95. The molecule has 2 amide bonds. The third kappa shape index (κ3) is 5.31. The number of nitrogens with one attached hydrogen (secondary N) is 2. The first-order chi connectivity index (χ1) is 14.3. The van der Waals surface area contributed by atoms with Crippen LogP contribution in [0, 0.1) is 0 Å². The zero-order valence-electron chi connectivity index (χ0n) is 16.1. The van der Waals surface area contributed by atoms with Gasteiger partial charge in [-0.1, -0.05) is 12.1 Å². The predicted molar refractivity (Wildman–Crippen MR) is 104 cm³/mol. The molecule has 0 radical (unpaired) electrons. The molecule has 0 aromatic heterocycles. The van der Waals surface area contributed by atoms with E-state index in [1.807, 2.05) is 0 Å². The second kappa shape index (κ2) is 10.0. The zero-order chi connectivity index (χ0) is 22.3. The SMILES string of the molecule is COC(=O)[C@@H](CCCNC(=O)c1cccc(O)c1O)NC(=O)c1cccc(O)c1O. The van der Waals surface area contributed by atoms with Gasteiger partial charge in [-0.05, 0) is 37.1 Å². The molecule has 0 aliphatic carbocycles.